The summed E-state index contributed by atoms with van der Waals surface area (Å²) in [4.78, 5) is 19.4. The van der Waals surface area contributed by atoms with Gasteiger partial charge < -0.3 is 15.2 Å². The minimum atomic E-state index is -0.0823. The molecule has 1 amide bonds. The van der Waals surface area contributed by atoms with Gasteiger partial charge in [-0.05, 0) is 29.4 Å². The molecule has 1 fully saturated rings. The molecule has 27 heavy (non-hydrogen) atoms. The maximum atomic E-state index is 13.0. The number of nitrogens with two attached hydrogens (primary N) is 1. The lowest BCUT2D eigenvalue weighted by Gasteiger charge is -2.42. The maximum absolute atomic E-state index is 13.0. The lowest BCUT2D eigenvalue weighted by Crippen LogP contribution is -2.54. The standard InChI is InChI=1S/C21H30N4O2/c1-20(2,3)12-17-23-18(24-27-17)14-7-6-8-15(11-14)19(26)25-10-9-16(22)21(4,5)13-25/h6-8,11,16H,9-10,12-13,22H2,1-5H3. The number of carbonyl (C=O) groups excluding carboxylic acids is 1. The van der Waals surface area contributed by atoms with Crippen molar-refractivity contribution < 1.29 is 9.32 Å². The van der Waals surface area contributed by atoms with Crippen LogP contribution in [0, 0.1) is 10.8 Å². The summed E-state index contributed by atoms with van der Waals surface area (Å²) >= 11 is 0. The Labute approximate surface area is 161 Å². The molecule has 0 radical (unpaired) electrons. The Morgan fingerprint density at radius 1 is 1.37 bits per heavy atom. The molecule has 1 atom stereocenters. The number of hydrogen-bond acceptors (Lipinski definition) is 5. The average Bonchev–Trinajstić information content (AvgIpc) is 3.03. The first-order valence-corrected chi connectivity index (χ1v) is 9.53. The largest absolute Gasteiger partial charge is 0.339 e. The second kappa shape index (κ2) is 7.08. The predicted molar refractivity (Wildman–Crippen MR) is 105 cm³/mol. The van der Waals surface area contributed by atoms with Gasteiger partial charge in [0.15, 0.2) is 0 Å². The van der Waals surface area contributed by atoms with E-state index in [1.807, 2.05) is 29.2 Å². The third-order valence-corrected chi connectivity index (χ3v) is 5.12. The molecule has 6 nitrogen and oxygen atoms in total. The van der Waals surface area contributed by atoms with E-state index in [-0.39, 0.29) is 22.8 Å². The van der Waals surface area contributed by atoms with E-state index in [0.717, 1.165) is 12.0 Å². The van der Waals surface area contributed by atoms with E-state index in [0.29, 0.717) is 36.8 Å². The molecule has 2 heterocycles. The minimum absolute atomic E-state index is 0.0234. The zero-order valence-corrected chi connectivity index (χ0v) is 17.0. The minimum Gasteiger partial charge on any atom is -0.339 e. The van der Waals surface area contributed by atoms with Crippen LogP contribution in [0.4, 0.5) is 0 Å². The SMILES string of the molecule is CC(C)(C)Cc1nc(-c2cccc(C(=O)N3CCC(N)C(C)(C)C3)c2)no1. The molecule has 3 rings (SSSR count). The summed E-state index contributed by atoms with van der Waals surface area (Å²) in [6.07, 6.45) is 1.53. The molecule has 0 aliphatic carbocycles. The van der Waals surface area contributed by atoms with E-state index in [9.17, 15) is 4.79 Å². The van der Waals surface area contributed by atoms with Gasteiger partial charge in [-0.15, -0.1) is 0 Å². The number of amides is 1. The van der Waals surface area contributed by atoms with Crippen LogP contribution in [-0.2, 0) is 6.42 Å². The van der Waals surface area contributed by atoms with Crippen LogP contribution in [0.15, 0.2) is 28.8 Å². The van der Waals surface area contributed by atoms with E-state index in [1.54, 1.807) is 0 Å². The van der Waals surface area contributed by atoms with Crippen molar-refractivity contribution in [3.05, 3.63) is 35.7 Å². The van der Waals surface area contributed by atoms with Gasteiger partial charge in [0.25, 0.3) is 5.91 Å². The number of carbonyl (C=O) groups is 1. The second-order valence-corrected chi connectivity index (χ2v) is 9.44. The molecule has 2 N–H and O–H groups in total. The van der Waals surface area contributed by atoms with Crippen LogP contribution in [0.25, 0.3) is 11.4 Å². The zero-order valence-electron chi connectivity index (χ0n) is 17.0. The van der Waals surface area contributed by atoms with Crippen molar-refractivity contribution in [3.63, 3.8) is 0 Å². The molecular formula is C21H30N4O2. The van der Waals surface area contributed by atoms with Gasteiger partial charge in [-0.1, -0.05) is 51.9 Å². The number of benzene rings is 1. The van der Waals surface area contributed by atoms with E-state index in [2.05, 4.69) is 44.8 Å². The molecule has 1 saturated heterocycles. The van der Waals surface area contributed by atoms with Crippen LogP contribution < -0.4 is 5.73 Å². The van der Waals surface area contributed by atoms with E-state index in [4.69, 9.17) is 10.3 Å². The van der Waals surface area contributed by atoms with Crippen molar-refractivity contribution in [2.75, 3.05) is 13.1 Å². The summed E-state index contributed by atoms with van der Waals surface area (Å²) in [5, 5.41) is 4.09. The first kappa shape index (κ1) is 19.5. The summed E-state index contributed by atoms with van der Waals surface area (Å²) < 4.78 is 5.38. The van der Waals surface area contributed by atoms with Crippen molar-refractivity contribution in [3.8, 4) is 11.4 Å². The molecule has 6 heteroatoms. The van der Waals surface area contributed by atoms with E-state index >= 15 is 0 Å². The molecule has 1 aliphatic heterocycles. The van der Waals surface area contributed by atoms with Gasteiger partial charge >= 0.3 is 0 Å². The van der Waals surface area contributed by atoms with Gasteiger partial charge in [0.2, 0.25) is 11.7 Å². The Kier molecular flexibility index (Phi) is 5.12. The van der Waals surface area contributed by atoms with Gasteiger partial charge in [0, 0.05) is 36.7 Å². The monoisotopic (exact) mass is 370 g/mol. The number of nitrogens with zero attached hydrogens (tertiary/aromatic N) is 3. The molecule has 2 aromatic rings. The maximum Gasteiger partial charge on any atom is 0.253 e. The highest BCUT2D eigenvalue weighted by Crippen LogP contribution is 2.29. The van der Waals surface area contributed by atoms with Crippen LogP contribution in [0.2, 0.25) is 0 Å². The van der Waals surface area contributed by atoms with Crippen molar-refractivity contribution in [2.24, 2.45) is 16.6 Å². The Morgan fingerprint density at radius 2 is 2.11 bits per heavy atom. The Morgan fingerprint density at radius 3 is 2.78 bits per heavy atom. The Bertz CT molecular complexity index is 820. The molecule has 1 unspecified atom stereocenters. The summed E-state index contributed by atoms with van der Waals surface area (Å²) in [5.74, 6) is 1.15. The fraction of sp³-hybridized carbons (Fsp3) is 0.571. The molecule has 1 aromatic carbocycles. The highest BCUT2D eigenvalue weighted by Gasteiger charge is 2.35. The molecule has 146 valence electrons. The van der Waals surface area contributed by atoms with Gasteiger partial charge in [0.1, 0.15) is 0 Å². The first-order chi connectivity index (χ1) is 12.5. The van der Waals surface area contributed by atoms with Crippen LogP contribution >= 0.6 is 0 Å². The Balaban J connectivity index is 1.79. The number of likely N-dealkylation sites (tertiary alicyclic amines) is 1. The number of hydrogen-bond donors (Lipinski definition) is 1. The summed E-state index contributed by atoms with van der Waals surface area (Å²) in [6.45, 7) is 12.0. The number of rotatable bonds is 3. The van der Waals surface area contributed by atoms with Gasteiger partial charge in [-0.3, -0.25) is 4.79 Å². The quantitative estimate of drug-likeness (QED) is 0.893. The second-order valence-electron chi connectivity index (χ2n) is 9.44. The van der Waals surface area contributed by atoms with Crippen molar-refractivity contribution in [1.29, 1.82) is 0 Å². The van der Waals surface area contributed by atoms with E-state index in [1.165, 1.54) is 0 Å². The number of aromatic nitrogens is 2. The highest BCUT2D eigenvalue weighted by atomic mass is 16.5. The Hall–Kier alpha value is -2.21. The fourth-order valence-corrected chi connectivity index (χ4v) is 3.42. The topological polar surface area (TPSA) is 85.2 Å². The van der Waals surface area contributed by atoms with Crippen LogP contribution in [-0.4, -0.2) is 40.1 Å². The molecule has 0 bridgehead atoms. The lowest BCUT2D eigenvalue weighted by atomic mass is 9.79. The summed E-state index contributed by atoms with van der Waals surface area (Å²) in [5.41, 5.74) is 7.61. The summed E-state index contributed by atoms with van der Waals surface area (Å²) in [7, 11) is 0. The highest BCUT2D eigenvalue weighted by molar-refractivity contribution is 5.95. The van der Waals surface area contributed by atoms with Gasteiger partial charge in [0.05, 0.1) is 0 Å². The van der Waals surface area contributed by atoms with Crippen molar-refractivity contribution in [2.45, 2.75) is 53.5 Å². The first-order valence-electron chi connectivity index (χ1n) is 9.53. The third kappa shape index (κ3) is 4.56. The van der Waals surface area contributed by atoms with Crippen LogP contribution in [0.1, 0.15) is 57.3 Å². The van der Waals surface area contributed by atoms with Crippen molar-refractivity contribution >= 4 is 5.91 Å². The van der Waals surface area contributed by atoms with Crippen molar-refractivity contribution in [1.82, 2.24) is 15.0 Å². The predicted octanol–water partition coefficient (Wildman–Crippen LogP) is 3.52. The van der Waals surface area contributed by atoms with Crippen LogP contribution in [0.3, 0.4) is 0 Å². The molecular weight excluding hydrogens is 340 g/mol. The number of piperidine rings is 1. The van der Waals surface area contributed by atoms with Crippen LogP contribution in [0.5, 0.6) is 0 Å². The molecule has 0 spiro atoms. The van der Waals surface area contributed by atoms with Gasteiger partial charge in [-0.25, -0.2) is 0 Å². The zero-order chi connectivity index (χ0) is 19.8. The average molecular weight is 370 g/mol. The fourth-order valence-electron chi connectivity index (χ4n) is 3.42. The molecule has 1 aromatic heterocycles. The smallest absolute Gasteiger partial charge is 0.253 e. The van der Waals surface area contributed by atoms with E-state index < -0.39 is 0 Å². The lowest BCUT2D eigenvalue weighted by molar-refractivity contribution is 0.0533. The molecule has 0 saturated carbocycles. The third-order valence-electron chi connectivity index (χ3n) is 5.12. The normalized spacial score (nSPS) is 19.9. The van der Waals surface area contributed by atoms with Gasteiger partial charge in [-0.2, -0.15) is 4.98 Å². The molecule has 1 aliphatic rings. The summed E-state index contributed by atoms with van der Waals surface area (Å²) in [6, 6.07) is 7.56.